The predicted octanol–water partition coefficient (Wildman–Crippen LogP) is 3.10. The van der Waals surface area contributed by atoms with Gasteiger partial charge in [-0.15, -0.1) is 0 Å². The number of ketones is 1. The lowest BCUT2D eigenvalue weighted by Crippen LogP contribution is -2.32. The summed E-state index contributed by atoms with van der Waals surface area (Å²) in [6.07, 6.45) is 0. The van der Waals surface area contributed by atoms with E-state index in [-0.39, 0.29) is 11.7 Å². The van der Waals surface area contributed by atoms with E-state index in [0.29, 0.717) is 36.0 Å². The molecule has 3 rings (SSSR count). The zero-order chi connectivity index (χ0) is 17.8. The predicted molar refractivity (Wildman–Crippen MR) is 95.6 cm³/mol. The van der Waals surface area contributed by atoms with Gasteiger partial charge in [0, 0.05) is 23.0 Å². The summed E-state index contributed by atoms with van der Waals surface area (Å²) in [5.74, 6) is 1.13. The molecular formula is C19H20N2O4. The van der Waals surface area contributed by atoms with Crippen LogP contribution in [0, 0.1) is 0 Å². The number of Topliss-reactive ketones (excluding diaryl/α,β-unsaturated/α-hetero) is 1. The van der Waals surface area contributed by atoms with Crippen LogP contribution in [0.25, 0.3) is 0 Å². The molecule has 0 aromatic heterocycles. The second kappa shape index (κ2) is 7.25. The first-order valence-electron chi connectivity index (χ1n) is 8.11. The highest BCUT2D eigenvalue weighted by atomic mass is 16.6. The van der Waals surface area contributed by atoms with Crippen molar-refractivity contribution in [3.63, 3.8) is 0 Å². The highest BCUT2D eigenvalue weighted by Crippen LogP contribution is 2.32. The van der Waals surface area contributed by atoms with E-state index in [0.717, 1.165) is 5.69 Å². The van der Waals surface area contributed by atoms with Crippen LogP contribution >= 0.6 is 0 Å². The number of anilines is 2. The lowest BCUT2D eigenvalue weighted by Gasteiger charge is -2.20. The Kier molecular flexibility index (Phi) is 4.88. The fourth-order valence-corrected chi connectivity index (χ4v) is 2.52. The molecule has 0 saturated carbocycles. The minimum Gasteiger partial charge on any atom is -0.486 e. The Hall–Kier alpha value is -3.02. The van der Waals surface area contributed by atoms with Crippen LogP contribution in [0.4, 0.5) is 11.4 Å². The molecule has 2 N–H and O–H groups in total. The molecular weight excluding hydrogens is 320 g/mol. The van der Waals surface area contributed by atoms with Crippen molar-refractivity contribution in [2.24, 2.45) is 0 Å². The van der Waals surface area contributed by atoms with Crippen LogP contribution in [0.3, 0.4) is 0 Å². The van der Waals surface area contributed by atoms with E-state index in [1.165, 1.54) is 6.92 Å². The summed E-state index contributed by atoms with van der Waals surface area (Å²) in [6, 6.07) is 11.9. The molecule has 1 amide bonds. The minimum absolute atomic E-state index is 0.0430. The third-order valence-corrected chi connectivity index (χ3v) is 3.86. The number of rotatable bonds is 5. The van der Waals surface area contributed by atoms with Crippen molar-refractivity contribution in [3.8, 4) is 11.5 Å². The van der Waals surface area contributed by atoms with Gasteiger partial charge in [-0.1, -0.05) is 12.1 Å². The highest BCUT2D eigenvalue weighted by molar-refractivity contribution is 5.99. The second-order valence-electron chi connectivity index (χ2n) is 5.85. The van der Waals surface area contributed by atoms with Gasteiger partial charge in [0.1, 0.15) is 19.3 Å². The van der Waals surface area contributed by atoms with Gasteiger partial charge in [-0.2, -0.15) is 0 Å². The lowest BCUT2D eigenvalue weighted by atomic mass is 10.1. The van der Waals surface area contributed by atoms with Crippen molar-refractivity contribution in [2.75, 3.05) is 23.8 Å². The van der Waals surface area contributed by atoms with Gasteiger partial charge in [0.05, 0.1) is 0 Å². The zero-order valence-electron chi connectivity index (χ0n) is 14.2. The van der Waals surface area contributed by atoms with Crippen molar-refractivity contribution in [1.29, 1.82) is 0 Å². The van der Waals surface area contributed by atoms with Crippen LogP contribution in [0.15, 0.2) is 42.5 Å². The molecule has 130 valence electrons. The van der Waals surface area contributed by atoms with Crippen molar-refractivity contribution in [1.82, 2.24) is 0 Å². The van der Waals surface area contributed by atoms with Gasteiger partial charge in [-0.3, -0.25) is 9.59 Å². The Bertz CT molecular complexity index is 804. The quantitative estimate of drug-likeness (QED) is 0.818. The number of ether oxygens (including phenoxy) is 2. The Morgan fingerprint density at radius 2 is 1.76 bits per heavy atom. The first kappa shape index (κ1) is 16.8. The molecule has 0 radical (unpaired) electrons. The molecule has 1 atom stereocenters. The van der Waals surface area contributed by atoms with Crippen molar-refractivity contribution >= 4 is 23.1 Å². The largest absolute Gasteiger partial charge is 0.486 e. The summed E-state index contributed by atoms with van der Waals surface area (Å²) in [5, 5.41) is 5.94. The number of carbonyl (C=O) groups is 2. The zero-order valence-corrected chi connectivity index (χ0v) is 14.2. The standard InChI is InChI=1S/C19H20N2O4/c1-12(19(23)21-15-5-3-4-14(10-15)13(2)22)20-16-6-7-17-18(11-16)25-9-8-24-17/h3-7,10-12,20H,8-9H2,1-2H3,(H,21,23)/t12-/m1/s1. The van der Waals surface area contributed by atoms with Crippen LogP contribution in [-0.2, 0) is 4.79 Å². The number of hydrogen-bond donors (Lipinski definition) is 2. The number of nitrogens with one attached hydrogen (secondary N) is 2. The minimum atomic E-state index is -0.469. The molecule has 1 aliphatic rings. The molecule has 0 fully saturated rings. The fraction of sp³-hybridized carbons (Fsp3) is 0.263. The Labute approximate surface area is 146 Å². The molecule has 6 nitrogen and oxygen atoms in total. The summed E-state index contributed by atoms with van der Waals surface area (Å²) >= 11 is 0. The Morgan fingerprint density at radius 1 is 1.00 bits per heavy atom. The molecule has 0 saturated heterocycles. The maximum atomic E-state index is 12.4. The maximum Gasteiger partial charge on any atom is 0.246 e. The SMILES string of the molecule is CC(=O)c1cccc(NC(=O)[C@@H](C)Nc2ccc3c(c2)OCCO3)c1. The highest BCUT2D eigenvalue weighted by Gasteiger charge is 2.16. The van der Waals surface area contributed by atoms with Crippen LogP contribution in [0.2, 0.25) is 0 Å². The van der Waals surface area contributed by atoms with Crippen molar-refractivity contribution in [2.45, 2.75) is 19.9 Å². The number of amides is 1. The van der Waals surface area contributed by atoms with Crippen LogP contribution in [0.5, 0.6) is 11.5 Å². The molecule has 0 spiro atoms. The van der Waals surface area contributed by atoms with E-state index < -0.39 is 6.04 Å². The van der Waals surface area contributed by atoms with E-state index >= 15 is 0 Å². The van der Waals surface area contributed by atoms with Crippen LogP contribution in [0.1, 0.15) is 24.2 Å². The van der Waals surface area contributed by atoms with E-state index in [9.17, 15) is 9.59 Å². The smallest absolute Gasteiger partial charge is 0.246 e. The molecule has 1 aliphatic heterocycles. The summed E-state index contributed by atoms with van der Waals surface area (Å²) < 4.78 is 11.0. The summed E-state index contributed by atoms with van der Waals surface area (Å²) in [4.78, 5) is 23.8. The lowest BCUT2D eigenvalue weighted by molar-refractivity contribution is -0.116. The van der Waals surface area contributed by atoms with Crippen LogP contribution in [-0.4, -0.2) is 30.9 Å². The Balaban J connectivity index is 1.64. The van der Waals surface area contributed by atoms with E-state index in [4.69, 9.17) is 9.47 Å². The average molecular weight is 340 g/mol. The third-order valence-electron chi connectivity index (χ3n) is 3.86. The van der Waals surface area contributed by atoms with Gasteiger partial charge in [0.15, 0.2) is 17.3 Å². The summed E-state index contributed by atoms with van der Waals surface area (Å²) in [7, 11) is 0. The molecule has 1 heterocycles. The van der Waals surface area contributed by atoms with Gasteiger partial charge < -0.3 is 20.1 Å². The molecule has 25 heavy (non-hydrogen) atoms. The number of hydrogen-bond acceptors (Lipinski definition) is 5. The van der Waals surface area contributed by atoms with Crippen molar-refractivity contribution < 1.29 is 19.1 Å². The summed E-state index contributed by atoms with van der Waals surface area (Å²) in [6.45, 7) is 4.31. The number of carbonyl (C=O) groups excluding carboxylic acids is 2. The Morgan fingerprint density at radius 3 is 2.52 bits per heavy atom. The van der Waals surface area contributed by atoms with Gasteiger partial charge in [0.25, 0.3) is 0 Å². The van der Waals surface area contributed by atoms with Crippen molar-refractivity contribution in [3.05, 3.63) is 48.0 Å². The topological polar surface area (TPSA) is 76.7 Å². The van der Waals surface area contributed by atoms with E-state index in [1.807, 2.05) is 18.2 Å². The normalized spacial score (nSPS) is 13.7. The average Bonchev–Trinajstić information content (AvgIpc) is 2.61. The molecule has 0 bridgehead atoms. The van der Waals surface area contributed by atoms with E-state index in [2.05, 4.69) is 10.6 Å². The monoisotopic (exact) mass is 340 g/mol. The number of benzene rings is 2. The van der Waals surface area contributed by atoms with Crippen LogP contribution < -0.4 is 20.1 Å². The molecule has 0 aliphatic carbocycles. The number of fused-ring (bicyclic) bond motifs is 1. The molecule has 0 unspecified atom stereocenters. The van der Waals surface area contributed by atoms with E-state index in [1.54, 1.807) is 31.2 Å². The molecule has 2 aromatic carbocycles. The fourth-order valence-electron chi connectivity index (χ4n) is 2.52. The van der Waals surface area contributed by atoms with Gasteiger partial charge in [-0.05, 0) is 38.1 Å². The molecule has 6 heteroatoms. The molecule has 2 aromatic rings. The summed E-state index contributed by atoms with van der Waals surface area (Å²) in [5.41, 5.74) is 1.92. The second-order valence-corrected chi connectivity index (χ2v) is 5.85. The maximum absolute atomic E-state index is 12.4. The first-order chi connectivity index (χ1) is 12.0. The van der Waals surface area contributed by atoms with Gasteiger partial charge >= 0.3 is 0 Å². The first-order valence-corrected chi connectivity index (χ1v) is 8.11. The van der Waals surface area contributed by atoms with Gasteiger partial charge in [-0.25, -0.2) is 0 Å². The van der Waals surface area contributed by atoms with Gasteiger partial charge in [0.2, 0.25) is 5.91 Å². The third kappa shape index (κ3) is 4.09.